The van der Waals surface area contributed by atoms with E-state index in [4.69, 9.17) is 9.47 Å². The fourth-order valence-corrected chi connectivity index (χ4v) is 3.60. The van der Waals surface area contributed by atoms with Gasteiger partial charge in [0.05, 0.1) is 20.8 Å². The monoisotopic (exact) mass is 368 g/mol. The van der Waals surface area contributed by atoms with Gasteiger partial charge in [0, 0.05) is 12.6 Å². The van der Waals surface area contributed by atoms with E-state index in [1.165, 1.54) is 11.1 Å². The first-order valence-electron chi connectivity index (χ1n) is 9.47. The highest BCUT2D eigenvalue weighted by molar-refractivity contribution is 5.78. The first-order chi connectivity index (χ1) is 13.2. The van der Waals surface area contributed by atoms with E-state index < -0.39 is 0 Å². The number of methoxy groups -OCH3 is 2. The summed E-state index contributed by atoms with van der Waals surface area (Å²) in [7, 11) is 3.33. The van der Waals surface area contributed by atoms with Crippen LogP contribution < -0.4 is 14.8 Å². The molecule has 1 saturated heterocycles. The Hall–Kier alpha value is -2.53. The normalized spacial score (nSPS) is 16.9. The minimum Gasteiger partial charge on any atom is -0.497 e. The first-order valence-corrected chi connectivity index (χ1v) is 9.47. The molecule has 2 aromatic rings. The average Bonchev–Trinajstić information content (AvgIpc) is 3.16. The van der Waals surface area contributed by atoms with E-state index in [2.05, 4.69) is 22.3 Å². The number of nitrogens with one attached hydrogen (secondary N) is 1. The molecule has 0 spiro atoms. The molecule has 0 aliphatic carbocycles. The lowest BCUT2D eigenvalue weighted by molar-refractivity contribution is -0.122. The summed E-state index contributed by atoms with van der Waals surface area (Å²) < 4.78 is 10.4. The van der Waals surface area contributed by atoms with Gasteiger partial charge in [-0.2, -0.15) is 0 Å². The van der Waals surface area contributed by atoms with Crippen molar-refractivity contribution < 1.29 is 14.3 Å². The quantitative estimate of drug-likeness (QED) is 0.777. The van der Waals surface area contributed by atoms with Crippen molar-refractivity contribution >= 4 is 5.91 Å². The van der Waals surface area contributed by atoms with Crippen LogP contribution in [0.4, 0.5) is 0 Å². The fourth-order valence-electron chi connectivity index (χ4n) is 3.60. The Bertz CT molecular complexity index is 728. The Morgan fingerprint density at radius 1 is 1.04 bits per heavy atom. The average molecular weight is 368 g/mol. The predicted octanol–water partition coefficient (Wildman–Crippen LogP) is 3.20. The SMILES string of the molecule is COc1ccc(CCNC(=O)CN2CCC[C@@H]2c2ccc(OC)cc2)cc1. The van der Waals surface area contributed by atoms with Crippen LogP contribution >= 0.6 is 0 Å². The highest BCUT2D eigenvalue weighted by atomic mass is 16.5. The minimum atomic E-state index is 0.0870. The van der Waals surface area contributed by atoms with Gasteiger partial charge < -0.3 is 14.8 Å². The summed E-state index contributed by atoms with van der Waals surface area (Å²) in [5.41, 5.74) is 2.44. The van der Waals surface area contributed by atoms with Crippen molar-refractivity contribution in [3.05, 3.63) is 59.7 Å². The number of rotatable bonds is 8. The standard InChI is InChI=1S/C22H28N2O3/c1-26-19-9-5-17(6-10-19)13-14-23-22(25)16-24-15-3-4-21(24)18-7-11-20(27-2)12-8-18/h5-12,21H,3-4,13-16H2,1-2H3,(H,23,25)/t21-/m1/s1. The fraction of sp³-hybridized carbons (Fsp3) is 0.409. The zero-order valence-electron chi connectivity index (χ0n) is 16.1. The Morgan fingerprint density at radius 3 is 2.30 bits per heavy atom. The van der Waals surface area contributed by atoms with Crippen LogP contribution in [0.1, 0.15) is 30.0 Å². The molecule has 0 unspecified atom stereocenters. The Labute approximate surface area is 161 Å². The van der Waals surface area contributed by atoms with Gasteiger partial charge in [0.15, 0.2) is 0 Å². The zero-order chi connectivity index (χ0) is 19.1. The number of ether oxygens (including phenoxy) is 2. The third-order valence-electron chi connectivity index (χ3n) is 5.11. The van der Waals surface area contributed by atoms with Crippen LogP contribution in [0.15, 0.2) is 48.5 Å². The van der Waals surface area contributed by atoms with Crippen LogP contribution in [-0.4, -0.2) is 44.7 Å². The van der Waals surface area contributed by atoms with Crippen LogP contribution in [0.5, 0.6) is 11.5 Å². The van der Waals surface area contributed by atoms with Gasteiger partial charge in [-0.1, -0.05) is 24.3 Å². The topological polar surface area (TPSA) is 50.8 Å². The molecular formula is C22H28N2O3. The molecule has 0 radical (unpaired) electrons. The van der Waals surface area contributed by atoms with Gasteiger partial charge in [0.25, 0.3) is 0 Å². The van der Waals surface area contributed by atoms with E-state index >= 15 is 0 Å². The lowest BCUT2D eigenvalue weighted by Crippen LogP contribution is -2.37. The summed E-state index contributed by atoms with van der Waals surface area (Å²) in [4.78, 5) is 14.6. The molecule has 27 heavy (non-hydrogen) atoms. The van der Waals surface area contributed by atoms with Crippen LogP contribution in [0.3, 0.4) is 0 Å². The Kier molecular flexibility index (Phi) is 6.71. The smallest absolute Gasteiger partial charge is 0.234 e. The molecule has 1 aliphatic heterocycles. The maximum atomic E-state index is 12.4. The summed E-state index contributed by atoms with van der Waals surface area (Å²) in [5.74, 6) is 1.80. The highest BCUT2D eigenvalue weighted by Gasteiger charge is 2.27. The molecule has 1 heterocycles. The zero-order valence-corrected chi connectivity index (χ0v) is 16.1. The van der Waals surface area contributed by atoms with Gasteiger partial charge in [0.2, 0.25) is 5.91 Å². The molecule has 1 aliphatic rings. The molecule has 0 aromatic heterocycles. The lowest BCUT2D eigenvalue weighted by Gasteiger charge is -2.24. The number of hydrogen-bond acceptors (Lipinski definition) is 4. The second-order valence-electron chi connectivity index (χ2n) is 6.85. The van der Waals surface area contributed by atoms with Crippen molar-refractivity contribution in [2.75, 3.05) is 33.9 Å². The molecule has 1 amide bonds. The number of carbonyl (C=O) groups is 1. The first kappa shape index (κ1) is 19.2. The molecular weight excluding hydrogens is 340 g/mol. The van der Waals surface area contributed by atoms with Crippen molar-refractivity contribution in [2.45, 2.75) is 25.3 Å². The molecule has 1 fully saturated rings. The molecule has 1 N–H and O–H groups in total. The predicted molar refractivity (Wildman–Crippen MR) is 106 cm³/mol. The van der Waals surface area contributed by atoms with E-state index in [-0.39, 0.29) is 5.91 Å². The van der Waals surface area contributed by atoms with E-state index in [0.717, 1.165) is 37.3 Å². The number of hydrogen-bond donors (Lipinski definition) is 1. The molecule has 144 valence electrons. The van der Waals surface area contributed by atoms with Crippen LogP contribution in [0, 0.1) is 0 Å². The third-order valence-corrected chi connectivity index (χ3v) is 5.11. The Morgan fingerprint density at radius 2 is 1.67 bits per heavy atom. The van der Waals surface area contributed by atoms with Gasteiger partial charge in [-0.05, 0) is 61.2 Å². The molecule has 5 nitrogen and oxygen atoms in total. The molecule has 0 saturated carbocycles. The van der Waals surface area contributed by atoms with Crippen molar-refractivity contribution in [2.24, 2.45) is 0 Å². The van der Waals surface area contributed by atoms with Gasteiger partial charge in [-0.3, -0.25) is 9.69 Å². The summed E-state index contributed by atoms with van der Waals surface area (Å²) in [6.45, 7) is 2.05. The number of amides is 1. The second kappa shape index (κ2) is 9.42. The van der Waals surface area contributed by atoms with Crippen LogP contribution in [-0.2, 0) is 11.2 Å². The number of nitrogens with zero attached hydrogens (tertiary/aromatic N) is 1. The van der Waals surface area contributed by atoms with Gasteiger partial charge in [-0.15, -0.1) is 0 Å². The van der Waals surface area contributed by atoms with Crippen molar-refractivity contribution in [1.29, 1.82) is 0 Å². The van der Waals surface area contributed by atoms with Gasteiger partial charge >= 0.3 is 0 Å². The van der Waals surface area contributed by atoms with E-state index in [9.17, 15) is 4.79 Å². The number of benzene rings is 2. The lowest BCUT2D eigenvalue weighted by atomic mass is 10.0. The van der Waals surface area contributed by atoms with Crippen molar-refractivity contribution in [3.63, 3.8) is 0 Å². The Balaban J connectivity index is 1.47. The second-order valence-corrected chi connectivity index (χ2v) is 6.85. The summed E-state index contributed by atoms with van der Waals surface area (Å²) >= 11 is 0. The number of carbonyl (C=O) groups excluding carboxylic acids is 1. The molecule has 0 bridgehead atoms. The van der Waals surface area contributed by atoms with Crippen LogP contribution in [0.2, 0.25) is 0 Å². The highest BCUT2D eigenvalue weighted by Crippen LogP contribution is 2.32. The van der Waals surface area contributed by atoms with Crippen molar-refractivity contribution in [1.82, 2.24) is 10.2 Å². The maximum Gasteiger partial charge on any atom is 0.234 e. The van der Waals surface area contributed by atoms with Gasteiger partial charge in [-0.25, -0.2) is 0 Å². The summed E-state index contributed by atoms with van der Waals surface area (Å²) in [6, 6.07) is 16.4. The van der Waals surface area contributed by atoms with Crippen LogP contribution in [0.25, 0.3) is 0 Å². The summed E-state index contributed by atoms with van der Waals surface area (Å²) in [5, 5.41) is 3.05. The third kappa shape index (κ3) is 5.23. The van der Waals surface area contributed by atoms with E-state index in [0.29, 0.717) is 19.1 Å². The number of likely N-dealkylation sites (tertiary alicyclic amines) is 1. The van der Waals surface area contributed by atoms with Crippen molar-refractivity contribution in [3.8, 4) is 11.5 Å². The maximum absolute atomic E-state index is 12.4. The molecule has 2 aromatic carbocycles. The molecule has 1 atom stereocenters. The minimum absolute atomic E-state index is 0.0870. The molecule has 3 rings (SSSR count). The van der Waals surface area contributed by atoms with E-state index in [1.54, 1.807) is 14.2 Å². The summed E-state index contributed by atoms with van der Waals surface area (Å²) in [6.07, 6.45) is 3.03. The van der Waals surface area contributed by atoms with Gasteiger partial charge in [0.1, 0.15) is 11.5 Å². The largest absolute Gasteiger partial charge is 0.497 e. The molecule has 5 heteroatoms. The van der Waals surface area contributed by atoms with E-state index in [1.807, 2.05) is 36.4 Å².